The molecule has 1 aromatic rings. The van der Waals surface area contributed by atoms with Crippen LogP contribution in [0.15, 0.2) is 30.3 Å². The molecule has 2 N–H and O–H groups in total. The van der Waals surface area contributed by atoms with Crippen molar-refractivity contribution in [1.29, 1.82) is 0 Å². The van der Waals surface area contributed by atoms with Crippen LogP contribution in [0.5, 0.6) is 0 Å². The van der Waals surface area contributed by atoms with Crippen LogP contribution in [-0.2, 0) is 25.6 Å². The van der Waals surface area contributed by atoms with Gasteiger partial charge in [0.15, 0.2) is 6.29 Å². The van der Waals surface area contributed by atoms with Gasteiger partial charge >= 0.3 is 6.09 Å². The van der Waals surface area contributed by atoms with E-state index in [0.717, 1.165) is 5.56 Å². The zero-order valence-electron chi connectivity index (χ0n) is 13.9. The summed E-state index contributed by atoms with van der Waals surface area (Å²) in [5, 5.41) is 5.18. The molecule has 7 nitrogen and oxygen atoms in total. The Bertz CT molecular complexity index is 491. The lowest BCUT2D eigenvalue weighted by Crippen LogP contribution is -2.51. The van der Waals surface area contributed by atoms with Crippen molar-refractivity contribution in [2.45, 2.75) is 38.8 Å². The third-order valence-corrected chi connectivity index (χ3v) is 3.18. The monoisotopic (exact) mass is 324 g/mol. The molecule has 7 heteroatoms. The average Bonchev–Trinajstić information content (AvgIpc) is 2.55. The molecule has 128 valence electrons. The topological polar surface area (TPSA) is 85.9 Å². The van der Waals surface area contributed by atoms with E-state index in [1.807, 2.05) is 30.3 Å². The molecule has 0 saturated heterocycles. The zero-order chi connectivity index (χ0) is 17.2. The molecule has 0 aromatic heterocycles. The van der Waals surface area contributed by atoms with Gasteiger partial charge in [-0.1, -0.05) is 30.3 Å². The predicted octanol–water partition coefficient (Wildman–Crippen LogP) is 1.42. The highest BCUT2D eigenvalue weighted by atomic mass is 16.7. The van der Waals surface area contributed by atoms with Crippen LogP contribution in [0.2, 0.25) is 0 Å². The maximum atomic E-state index is 12.0. The van der Waals surface area contributed by atoms with Gasteiger partial charge < -0.3 is 24.8 Å². The highest BCUT2D eigenvalue weighted by molar-refractivity contribution is 5.85. The van der Waals surface area contributed by atoms with E-state index in [2.05, 4.69) is 10.6 Å². The van der Waals surface area contributed by atoms with Crippen molar-refractivity contribution < 1.29 is 23.8 Å². The number of benzene rings is 1. The summed E-state index contributed by atoms with van der Waals surface area (Å²) in [6.45, 7) is 3.46. The van der Waals surface area contributed by atoms with Gasteiger partial charge in [0.1, 0.15) is 12.6 Å². The lowest BCUT2D eigenvalue weighted by atomic mass is 10.2. The van der Waals surface area contributed by atoms with Gasteiger partial charge in [-0.2, -0.15) is 0 Å². The molecule has 0 fully saturated rings. The summed E-state index contributed by atoms with van der Waals surface area (Å²) in [4.78, 5) is 23.7. The number of hydrogen-bond donors (Lipinski definition) is 2. The molecule has 1 unspecified atom stereocenters. The van der Waals surface area contributed by atoms with Crippen LogP contribution in [0.4, 0.5) is 4.79 Å². The van der Waals surface area contributed by atoms with Crippen LogP contribution in [0, 0.1) is 0 Å². The van der Waals surface area contributed by atoms with Crippen molar-refractivity contribution >= 4 is 12.0 Å². The summed E-state index contributed by atoms with van der Waals surface area (Å²) in [5.41, 5.74) is 0.872. The largest absolute Gasteiger partial charge is 0.445 e. The number of methoxy groups -OCH3 is 2. The van der Waals surface area contributed by atoms with Gasteiger partial charge in [0.05, 0.1) is 6.04 Å². The number of rotatable bonds is 8. The number of alkyl carbamates (subject to hydrolysis) is 1. The number of carbonyl (C=O) groups is 2. The van der Waals surface area contributed by atoms with Gasteiger partial charge in [-0.05, 0) is 19.4 Å². The molecule has 23 heavy (non-hydrogen) atoms. The Hall–Kier alpha value is -2.12. The fourth-order valence-corrected chi connectivity index (χ4v) is 1.93. The summed E-state index contributed by atoms with van der Waals surface area (Å²) in [6, 6.07) is 8.19. The van der Waals surface area contributed by atoms with E-state index in [0.29, 0.717) is 0 Å². The quantitative estimate of drug-likeness (QED) is 0.707. The van der Waals surface area contributed by atoms with Crippen molar-refractivity contribution in [2.24, 2.45) is 0 Å². The van der Waals surface area contributed by atoms with Gasteiger partial charge in [0.2, 0.25) is 5.91 Å². The molecule has 0 saturated carbocycles. The standard InChI is InChI=1S/C16H24N2O5/c1-11(14(19)17-12(2)15(21-3)22-4)18-16(20)23-10-13-8-6-5-7-9-13/h5-9,11-12,15H,10H2,1-4H3,(H,17,19)(H,18,20)/t11-,12?/m0/s1. The first kappa shape index (κ1) is 18.9. The average molecular weight is 324 g/mol. The fraction of sp³-hybridized carbons (Fsp3) is 0.500. The van der Waals surface area contributed by atoms with Crippen LogP contribution >= 0.6 is 0 Å². The van der Waals surface area contributed by atoms with E-state index in [-0.39, 0.29) is 18.6 Å². The van der Waals surface area contributed by atoms with Crippen molar-refractivity contribution in [3.8, 4) is 0 Å². The van der Waals surface area contributed by atoms with Crippen molar-refractivity contribution in [1.82, 2.24) is 10.6 Å². The Morgan fingerprint density at radius 1 is 1.04 bits per heavy atom. The van der Waals surface area contributed by atoms with Gasteiger partial charge in [-0.3, -0.25) is 4.79 Å². The van der Waals surface area contributed by atoms with Crippen molar-refractivity contribution in [3.05, 3.63) is 35.9 Å². The Kier molecular flexibility index (Phi) is 8.07. The van der Waals surface area contributed by atoms with E-state index in [1.54, 1.807) is 13.8 Å². The van der Waals surface area contributed by atoms with Crippen LogP contribution in [-0.4, -0.2) is 44.6 Å². The minimum Gasteiger partial charge on any atom is -0.445 e. The third-order valence-electron chi connectivity index (χ3n) is 3.18. The lowest BCUT2D eigenvalue weighted by Gasteiger charge is -2.23. The van der Waals surface area contributed by atoms with E-state index < -0.39 is 18.4 Å². The number of hydrogen-bond acceptors (Lipinski definition) is 5. The normalized spacial score (nSPS) is 13.3. The van der Waals surface area contributed by atoms with Crippen LogP contribution in [0.1, 0.15) is 19.4 Å². The molecular weight excluding hydrogens is 300 g/mol. The molecule has 1 aromatic carbocycles. The minimum atomic E-state index is -0.741. The smallest absolute Gasteiger partial charge is 0.408 e. The molecule has 1 rings (SSSR count). The van der Waals surface area contributed by atoms with Crippen molar-refractivity contribution in [3.63, 3.8) is 0 Å². The Morgan fingerprint density at radius 2 is 1.65 bits per heavy atom. The molecule has 0 aliphatic heterocycles. The third kappa shape index (κ3) is 6.66. The molecule has 0 aliphatic rings. The first-order valence-corrected chi connectivity index (χ1v) is 7.31. The van der Waals surface area contributed by atoms with Crippen LogP contribution in [0.25, 0.3) is 0 Å². The van der Waals surface area contributed by atoms with E-state index >= 15 is 0 Å². The second-order valence-corrected chi connectivity index (χ2v) is 5.06. The Morgan fingerprint density at radius 3 is 2.22 bits per heavy atom. The number of ether oxygens (including phenoxy) is 3. The second kappa shape index (κ2) is 9.81. The summed E-state index contributed by atoms with van der Waals surface area (Å²) in [7, 11) is 2.97. The minimum absolute atomic E-state index is 0.146. The zero-order valence-corrected chi connectivity index (χ0v) is 13.9. The molecular formula is C16H24N2O5. The van der Waals surface area contributed by atoms with E-state index in [9.17, 15) is 9.59 Å². The maximum Gasteiger partial charge on any atom is 0.408 e. The number of amides is 2. The Balaban J connectivity index is 2.37. The summed E-state index contributed by atoms with van der Waals surface area (Å²) in [5.74, 6) is -0.353. The molecule has 0 spiro atoms. The maximum absolute atomic E-state index is 12.0. The summed E-state index contributed by atoms with van der Waals surface area (Å²) >= 11 is 0. The molecule has 0 heterocycles. The second-order valence-electron chi connectivity index (χ2n) is 5.06. The van der Waals surface area contributed by atoms with Gasteiger partial charge in [-0.25, -0.2) is 4.79 Å². The SMILES string of the molecule is COC(OC)C(C)NC(=O)[C@H](C)NC(=O)OCc1ccccc1. The Labute approximate surface area is 136 Å². The highest BCUT2D eigenvalue weighted by Gasteiger charge is 2.22. The molecule has 2 amide bonds. The molecule has 2 atom stereocenters. The van der Waals surface area contributed by atoms with Crippen molar-refractivity contribution in [2.75, 3.05) is 14.2 Å². The highest BCUT2D eigenvalue weighted by Crippen LogP contribution is 2.01. The van der Waals surface area contributed by atoms with Crippen LogP contribution in [0.3, 0.4) is 0 Å². The molecule has 0 bridgehead atoms. The van der Waals surface area contributed by atoms with Gasteiger partial charge in [-0.15, -0.1) is 0 Å². The van der Waals surface area contributed by atoms with E-state index in [1.165, 1.54) is 14.2 Å². The first-order chi connectivity index (χ1) is 11.0. The number of carbonyl (C=O) groups excluding carboxylic acids is 2. The van der Waals surface area contributed by atoms with Gasteiger partial charge in [0.25, 0.3) is 0 Å². The molecule has 0 radical (unpaired) electrons. The first-order valence-electron chi connectivity index (χ1n) is 7.31. The fourth-order valence-electron chi connectivity index (χ4n) is 1.93. The summed E-state index contributed by atoms with van der Waals surface area (Å²) < 4.78 is 15.2. The van der Waals surface area contributed by atoms with Gasteiger partial charge in [0, 0.05) is 14.2 Å². The lowest BCUT2D eigenvalue weighted by molar-refractivity contribution is -0.136. The predicted molar refractivity (Wildman–Crippen MR) is 84.6 cm³/mol. The van der Waals surface area contributed by atoms with E-state index in [4.69, 9.17) is 14.2 Å². The van der Waals surface area contributed by atoms with Crippen LogP contribution < -0.4 is 10.6 Å². The summed E-state index contributed by atoms with van der Waals surface area (Å²) in [6.07, 6.45) is -1.21. The molecule has 0 aliphatic carbocycles. The number of nitrogens with one attached hydrogen (secondary N) is 2.